The first kappa shape index (κ1) is 17.2. The Hall–Kier alpha value is -0.860. The van der Waals surface area contributed by atoms with Crippen LogP contribution in [0.15, 0.2) is 0 Å². The van der Waals surface area contributed by atoms with E-state index >= 15 is 0 Å². The quantitative estimate of drug-likeness (QED) is 0.610. The summed E-state index contributed by atoms with van der Waals surface area (Å²) in [6, 6.07) is 0.601. The molecule has 1 unspecified atom stereocenters. The smallest absolute Gasteiger partial charge is 0.439 e. The Bertz CT molecular complexity index is 326. The Kier molecular flexibility index (Phi) is 5.79. The van der Waals surface area contributed by atoms with Crippen LogP contribution < -0.4 is 5.32 Å². The Balaban J connectivity index is 2.54. The summed E-state index contributed by atoms with van der Waals surface area (Å²) in [5, 5.41) is 2.59. The summed E-state index contributed by atoms with van der Waals surface area (Å²) in [5.41, 5.74) is 0. The van der Waals surface area contributed by atoms with Gasteiger partial charge in [0, 0.05) is 31.7 Å². The predicted molar refractivity (Wildman–Crippen MR) is 68.1 cm³/mol. The van der Waals surface area contributed by atoms with Gasteiger partial charge >= 0.3 is 12.1 Å². The van der Waals surface area contributed by atoms with E-state index in [1.54, 1.807) is 0 Å². The molecule has 1 saturated heterocycles. The van der Waals surface area contributed by atoms with E-state index in [9.17, 15) is 18.0 Å². The fraction of sp³-hybridized carbons (Fsp3) is 0.917. The Morgan fingerprint density at radius 2 is 1.85 bits per heavy atom. The molecule has 0 aromatic rings. The molecular formula is C12H22F3N3O2. The molecule has 0 saturated carbocycles. The van der Waals surface area contributed by atoms with Gasteiger partial charge in [-0.15, -0.1) is 0 Å². The SMILES string of the molecule is CNC(CN1C[C@@H](C)N(C)[C@@H](C)C1)OC(=O)C(F)(F)F. The first-order valence-corrected chi connectivity index (χ1v) is 6.54. The number of nitrogens with zero attached hydrogens (tertiary/aromatic N) is 2. The Labute approximate surface area is 117 Å². The van der Waals surface area contributed by atoms with Crippen molar-refractivity contribution in [3.8, 4) is 0 Å². The van der Waals surface area contributed by atoms with Crippen molar-refractivity contribution in [2.75, 3.05) is 33.7 Å². The molecule has 0 aliphatic carbocycles. The number of piperazine rings is 1. The summed E-state index contributed by atoms with van der Waals surface area (Å²) in [5.74, 6) is -2.16. The third-order valence-corrected chi connectivity index (χ3v) is 3.66. The van der Waals surface area contributed by atoms with Gasteiger partial charge in [0.2, 0.25) is 0 Å². The lowest BCUT2D eigenvalue weighted by molar-refractivity contribution is -0.207. The third-order valence-electron chi connectivity index (χ3n) is 3.66. The largest absolute Gasteiger partial charge is 0.490 e. The van der Waals surface area contributed by atoms with Crippen LogP contribution in [0.5, 0.6) is 0 Å². The van der Waals surface area contributed by atoms with E-state index in [-0.39, 0.29) is 6.54 Å². The molecule has 3 atom stereocenters. The maximum atomic E-state index is 12.2. The van der Waals surface area contributed by atoms with Gasteiger partial charge in [-0.1, -0.05) is 0 Å². The van der Waals surface area contributed by atoms with Gasteiger partial charge in [0.25, 0.3) is 0 Å². The molecule has 5 nitrogen and oxygen atoms in total. The van der Waals surface area contributed by atoms with Crippen LogP contribution in [0.1, 0.15) is 13.8 Å². The van der Waals surface area contributed by atoms with Crippen molar-refractivity contribution >= 4 is 5.97 Å². The molecule has 0 spiro atoms. The van der Waals surface area contributed by atoms with Crippen molar-refractivity contribution in [2.45, 2.75) is 38.3 Å². The second kappa shape index (κ2) is 6.73. The molecule has 0 radical (unpaired) electrons. The number of alkyl halides is 3. The van der Waals surface area contributed by atoms with Crippen LogP contribution in [-0.4, -0.2) is 74.0 Å². The standard InChI is InChI=1S/C12H22F3N3O2/c1-8-5-18(6-9(2)17(8)4)7-10(16-3)20-11(19)12(13,14)15/h8-10,16H,5-7H2,1-4H3/t8-,9+,10?. The van der Waals surface area contributed by atoms with Gasteiger partial charge in [-0.25, -0.2) is 4.79 Å². The molecule has 0 amide bonds. The lowest BCUT2D eigenvalue weighted by Crippen LogP contribution is -2.57. The van der Waals surface area contributed by atoms with Gasteiger partial charge in [0.05, 0.1) is 0 Å². The zero-order valence-electron chi connectivity index (χ0n) is 12.2. The van der Waals surface area contributed by atoms with Crippen LogP contribution in [-0.2, 0) is 9.53 Å². The number of hydrogen-bond acceptors (Lipinski definition) is 5. The molecule has 1 aliphatic rings. The highest BCUT2D eigenvalue weighted by atomic mass is 19.4. The topological polar surface area (TPSA) is 44.8 Å². The van der Waals surface area contributed by atoms with E-state index in [2.05, 4.69) is 28.8 Å². The van der Waals surface area contributed by atoms with Gasteiger partial charge in [-0.3, -0.25) is 15.1 Å². The van der Waals surface area contributed by atoms with Crippen LogP contribution in [0.2, 0.25) is 0 Å². The van der Waals surface area contributed by atoms with E-state index in [0.717, 1.165) is 13.1 Å². The summed E-state index contributed by atoms with van der Waals surface area (Å²) in [6.07, 6.45) is -5.93. The monoisotopic (exact) mass is 297 g/mol. The average Bonchev–Trinajstić information content (AvgIpc) is 2.33. The third kappa shape index (κ3) is 4.60. The molecule has 0 bridgehead atoms. The molecule has 1 aliphatic heterocycles. The lowest BCUT2D eigenvalue weighted by Gasteiger charge is -2.43. The minimum Gasteiger partial charge on any atom is -0.439 e. The highest BCUT2D eigenvalue weighted by molar-refractivity contribution is 5.75. The fourth-order valence-electron chi connectivity index (χ4n) is 2.28. The minimum atomic E-state index is -4.96. The predicted octanol–water partition coefficient (Wildman–Crippen LogP) is 0.662. The molecular weight excluding hydrogens is 275 g/mol. The maximum absolute atomic E-state index is 12.2. The number of halogens is 3. The molecule has 1 rings (SSSR count). The van der Waals surface area contributed by atoms with Crippen LogP contribution in [0, 0.1) is 0 Å². The van der Waals surface area contributed by atoms with Crippen molar-refractivity contribution in [3.05, 3.63) is 0 Å². The number of carbonyl (C=O) groups excluding carboxylic acids is 1. The van der Waals surface area contributed by atoms with Crippen LogP contribution in [0.25, 0.3) is 0 Å². The molecule has 1 fully saturated rings. The van der Waals surface area contributed by atoms with Crippen molar-refractivity contribution < 1.29 is 22.7 Å². The molecule has 0 aromatic carbocycles. The molecule has 1 heterocycles. The highest BCUT2D eigenvalue weighted by Gasteiger charge is 2.42. The van der Waals surface area contributed by atoms with Crippen molar-refractivity contribution in [1.82, 2.24) is 15.1 Å². The number of rotatable bonds is 4. The number of likely N-dealkylation sites (N-methyl/N-ethyl adjacent to an activating group) is 2. The highest BCUT2D eigenvalue weighted by Crippen LogP contribution is 2.18. The summed E-state index contributed by atoms with van der Waals surface area (Å²) < 4.78 is 41.0. The Morgan fingerprint density at radius 3 is 2.25 bits per heavy atom. The summed E-state index contributed by atoms with van der Waals surface area (Å²) in [7, 11) is 3.49. The second-order valence-electron chi connectivity index (χ2n) is 5.26. The van der Waals surface area contributed by atoms with Gasteiger partial charge in [-0.2, -0.15) is 13.2 Å². The van der Waals surface area contributed by atoms with Crippen molar-refractivity contribution in [3.63, 3.8) is 0 Å². The van der Waals surface area contributed by atoms with Crippen molar-refractivity contribution in [2.24, 2.45) is 0 Å². The number of carbonyl (C=O) groups is 1. The van der Waals surface area contributed by atoms with E-state index < -0.39 is 18.4 Å². The maximum Gasteiger partial charge on any atom is 0.490 e. The molecule has 8 heteroatoms. The summed E-state index contributed by atoms with van der Waals surface area (Å²) in [6.45, 7) is 5.80. The average molecular weight is 297 g/mol. The second-order valence-corrected chi connectivity index (χ2v) is 5.26. The van der Waals surface area contributed by atoms with Gasteiger partial charge < -0.3 is 4.74 Å². The summed E-state index contributed by atoms with van der Waals surface area (Å²) in [4.78, 5) is 15.1. The number of hydrogen-bond donors (Lipinski definition) is 1. The first-order valence-electron chi connectivity index (χ1n) is 6.54. The Morgan fingerprint density at radius 1 is 1.35 bits per heavy atom. The van der Waals surface area contributed by atoms with Crippen molar-refractivity contribution in [1.29, 1.82) is 0 Å². The van der Waals surface area contributed by atoms with Crippen LogP contribution in [0.3, 0.4) is 0 Å². The van der Waals surface area contributed by atoms with Gasteiger partial charge in [-0.05, 0) is 27.9 Å². The number of esters is 1. The van der Waals surface area contributed by atoms with E-state index in [0.29, 0.717) is 12.1 Å². The molecule has 1 N–H and O–H groups in total. The molecule has 0 aromatic heterocycles. The number of nitrogens with one attached hydrogen (secondary N) is 1. The van der Waals surface area contributed by atoms with Crippen LogP contribution in [0.4, 0.5) is 13.2 Å². The summed E-state index contributed by atoms with van der Waals surface area (Å²) >= 11 is 0. The molecule has 20 heavy (non-hydrogen) atoms. The zero-order chi connectivity index (χ0) is 15.5. The van der Waals surface area contributed by atoms with Gasteiger partial charge in [0.1, 0.15) is 0 Å². The first-order chi connectivity index (χ1) is 9.15. The van der Waals surface area contributed by atoms with E-state index in [4.69, 9.17) is 0 Å². The fourth-order valence-corrected chi connectivity index (χ4v) is 2.28. The molecule has 118 valence electrons. The zero-order valence-corrected chi connectivity index (χ0v) is 12.2. The van der Waals surface area contributed by atoms with E-state index in [1.165, 1.54) is 7.05 Å². The van der Waals surface area contributed by atoms with Gasteiger partial charge in [0.15, 0.2) is 6.23 Å². The number of ether oxygens (including phenoxy) is 1. The van der Waals surface area contributed by atoms with E-state index in [1.807, 2.05) is 11.9 Å². The lowest BCUT2D eigenvalue weighted by atomic mass is 10.1. The van der Waals surface area contributed by atoms with Crippen LogP contribution >= 0.6 is 0 Å². The minimum absolute atomic E-state index is 0.237. The normalized spacial score (nSPS) is 27.4.